The van der Waals surface area contributed by atoms with Gasteiger partial charge in [-0.25, -0.2) is 4.39 Å². The van der Waals surface area contributed by atoms with Crippen molar-refractivity contribution in [3.05, 3.63) is 12.4 Å². The second-order valence-corrected chi connectivity index (χ2v) is 2.79. The van der Waals surface area contributed by atoms with Gasteiger partial charge >= 0.3 is 5.97 Å². The first-order valence-corrected chi connectivity index (χ1v) is 4.03. The van der Waals surface area contributed by atoms with E-state index in [1.54, 1.807) is 0 Å². The maximum absolute atomic E-state index is 11.5. The molecule has 0 aliphatic heterocycles. The Morgan fingerprint density at radius 3 is 2.69 bits per heavy atom. The lowest BCUT2D eigenvalue weighted by Gasteiger charge is -2.03. The molecule has 0 rings (SSSR count). The van der Waals surface area contributed by atoms with Gasteiger partial charge in [-0.15, -0.1) is 0 Å². The van der Waals surface area contributed by atoms with E-state index in [4.69, 9.17) is 10.4 Å². The molecule has 1 atom stereocenters. The van der Waals surface area contributed by atoms with Gasteiger partial charge in [-0.05, 0) is 6.42 Å². The summed E-state index contributed by atoms with van der Waals surface area (Å²) in [5, 5.41) is 17.3. The van der Waals surface area contributed by atoms with Crippen LogP contribution in [0.5, 0.6) is 0 Å². The van der Waals surface area contributed by atoms with Crippen LogP contribution in [-0.2, 0) is 9.59 Å². The topological polar surface area (TPSA) is 78.2 Å². The Labute approximate surface area is 78.0 Å². The average molecular weight is 203 g/mol. The molecule has 0 aliphatic carbocycles. The molecular weight excluding hydrogens is 197 g/mol. The number of thiocyanates is 1. The molecule has 0 saturated heterocycles. The summed E-state index contributed by atoms with van der Waals surface area (Å²) in [6.07, 6.45) is 0.855. The third kappa shape index (κ3) is 4.28. The van der Waals surface area contributed by atoms with Gasteiger partial charge in [-0.2, -0.15) is 5.26 Å². The number of carboxylic acid groups (broad SMARTS) is 1. The summed E-state index contributed by atoms with van der Waals surface area (Å²) < 4.78 is 11.5. The molecule has 0 aromatic rings. The Bertz CT molecular complexity index is 271. The Morgan fingerprint density at radius 2 is 2.31 bits per heavy atom. The van der Waals surface area contributed by atoms with Crippen LogP contribution in [0.1, 0.15) is 6.42 Å². The lowest BCUT2D eigenvalue weighted by Crippen LogP contribution is -2.20. The Morgan fingerprint density at radius 1 is 1.69 bits per heavy atom. The molecule has 0 fully saturated rings. The van der Waals surface area contributed by atoms with E-state index in [9.17, 15) is 14.0 Å². The highest BCUT2D eigenvalue weighted by molar-refractivity contribution is 8.17. The molecule has 0 radical (unpaired) electrons. The molecule has 0 spiro atoms. The minimum absolute atomic E-state index is 0.167. The normalized spacial score (nSPS) is 12.3. The summed E-state index contributed by atoms with van der Waals surface area (Å²) >= 11 is 0.248. The smallest absolute Gasteiger partial charge is 0.315 e. The molecule has 0 aliphatic rings. The van der Waals surface area contributed by atoms with Crippen molar-refractivity contribution in [3.8, 4) is 5.40 Å². The third-order valence-corrected chi connectivity index (χ3v) is 1.77. The first kappa shape index (κ1) is 11.6. The number of carbonyl (C=O) groups is 2. The van der Waals surface area contributed by atoms with E-state index in [1.807, 2.05) is 0 Å². The molecule has 13 heavy (non-hydrogen) atoms. The molecular formula is C7H6FNO3S. The first-order chi connectivity index (χ1) is 6.13. The van der Waals surface area contributed by atoms with Crippen molar-refractivity contribution < 1.29 is 19.1 Å². The summed E-state index contributed by atoms with van der Waals surface area (Å²) in [6, 6.07) is 0. The highest BCUT2D eigenvalue weighted by Gasteiger charge is 2.25. The van der Waals surface area contributed by atoms with Gasteiger partial charge in [0.25, 0.3) is 0 Å². The van der Waals surface area contributed by atoms with Crippen molar-refractivity contribution >= 4 is 22.8 Å². The standard InChI is InChI=1S/C7H6FNO3S/c8-3-1-2-5(6(10)11)7(12)13-4-9/h1,3,5H,2H2,(H,10,11)/b3-1+. The van der Waals surface area contributed by atoms with Crippen LogP contribution in [0.25, 0.3) is 0 Å². The number of carbonyl (C=O) groups excluding carboxylic acids is 1. The van der Waals surface area contributed by atoms with Crippen molar-refractivity contribution in [2.24, 2.45) is 5.92 Å². The molecule has 0 bridgehead atoms. The molecule has 0 saturated carbocycles. The SMILES string of the molecule is N#CSC(=O)C(C/C=C/F)C(=O)O. The van der Waals surface area contributed by atoms with Gasteiger partial charge in [0.2, 0.25) is 5.12 Å². The quantitative estimate of drug-likeness (QED) is 0.550. The molecule has 0 heterocycles. The van der Waals surface area contributed by atoms with Crippen molar-refractivity contribution in [1.29, 1.82) is 5.26 Å². The number of hydrogen-bond donors (Lipinski definition) is 1. The number of aliphatic carboxylic acids is 1. The molecule has 0 aromatic carbocycles. The van der Waals surface area contributed by atoms with E-state index in [1.165, 1.54) is 5.40 Å². The van der Waals surface area contributed by atoms with Crippen LogP contribution in [0.15, 0.2) is 12.4 Å². The van der Waals surface area contributed by atoms with E-state index in [-0.39, 0.29) is 24.5 Å². The minimum atomic E-state index is -1.36. The summed E-state index contributed by atoms with van der Waals surface area (Å²) in [5.74, 6) is -2.71. The molecule has 0 amide bonds. The number of rotatable bonds is 4. The Balaban J connectivity index is 4.34. The van der Waals surface area contributed by atoms with Crippen molar-refractivity contribution in [2.45, 2.75) is 6.42 Å². The number of hydrogen-bond acceptors (Lipinski definition) is 4. The zero-order valence-electron chi connectivity index (χ0n) is 6.44. The number of halogens is 1. The summed E-state index contributed by atoms with van der Waals surface area (Å²) in [5.41, 5.74) is 0. The van der Waals surface area contributed by atoms with Crippen LogP contribution in [0.2, 0.25) is 0 Å². The van der Waals surface area contributed by atoms with Gasteiger partial charge in [0, 0.05) is 11.8 Å². The largest absolute Gasteiger partial charge is 0.481 e. The van der Waals surface area contributed by atoms with E-state index >= 15 is 0 Å². The van der Waals surface area contributed by atoms with Crippen LogP contribution in [0, 0.1) is 16.6 Å². The van der Waals surface area contributed by atoms with E-state index in [0.717, 1.165) is 6.08 Å². The zero-order valence-corrected chi connectivity index (χ0v) is 7.25. The number of carboxylic acids is 1. The van der Waals surface area contributed by atoms with Gasteiger partial charge in [0.15, 0.2) is 0 Å². The highest BCUT2D eigenvalue weighted by atomic mass is 32.2. The second kappa shape index (κ2) is 6.20. The molecule has 70 valence electrons. The van der Waals surface area contributed by atoms with Gasteiger partial charge in [0.05, 0.1) is 6.33 Å². The highest BCUT2D eigenvalue weighted by Crippen LogP contribution is 2.14. The van der Waals surface area contributed by atoms with E-state index in [2.05, 4.69) is 0 Å². The number of thioether (sulfide) groups is 1. The summed E-state index contributed by atoms with van der Waals surface area (Å²) in [7, 11) is 0. The fourth-order valence-corrected chi connectivity index (χ4v) is 1.03. The van der Waals surface area contributed by atoms with Gasteiger partial charge in [-0.3, -0.25) is 9.59 Å². The van der Waals surface area contributed by atoms with E-state index < -0.39 is 17.0 Å². The second-order valence-electron chi connectivity index (χ2n) is 2.00. The van der Waals surface area contributed by atoms with Crippen LogP contribution >= 0.6 is 11.8 Å². The molecule has 1 unspecified atom stereocenters. The predicted octanol–water partition coefficient (Wildman–Crippen LogP) is 1.30. The molecule has 4 nitrogen and oxygen atoms in total. The zero-order chi connectivity index (χ0) is 10.3. The molecule has 6 heteroatoms. The summed E-state index contributed by atoms with van der Waals surface area (Å²) in [4.78, 5) is 21.3. The number of nitrogens with zero attached hydrogens (tertiary/aromatic N) is 1. The van der Waals surface area contributed by atoms with E-state index in [0.29, 0.717) is 0 Å². The Kier molecular flexibility index (Phi) is 5.55. The predicted molar refractivity (Wildman–Crippen MR) is 44.2 cm³/mol. The fourth-order valence-electron chi connectivity index (χ4n) is 0.601. The maximum atomic E-state index is 11.5. The van der Waals surface area contributed by atoms with Gasteiger partial charge < -0.3 is 5.11 Å². The first-order valence-electron chi connectivity index (χ1n) is 3.21. The monoisotopic (exact) mass is 203 g/mol. The van der Waals surface area contributed by atoms with Crippen LogP contribution in [-0.4, -0.2) is 16.2 Å². The van der Waals surface area contributed by atoms with Crippen molar-refractivity contribution in [3.63, 3.8) is 0 Å². The van der Waals surface area contributed by atoms with Crippen LogP contribution < -0.4 is 0 Å². The summed E-state index contributed by atoms with van der Waals surface area (Å²) in [6.45, 7) is 0. The van der Waals surface area contributed by atoms with Gasteiger partial charge in [0.1, 0.15) is 11.3 Å². The molecule has 0 aromatic heterocycles. The van der Waals surface area contributed by atoms with Crippen LogP contribution in [0.3, 0.4) is 0 Å². The third-order valence-electron chi connectivity index (χ3n) is 1.19. The maximum Gasteiger partial charge on any atom is 0.315 e. The fraction of sp³-hybridized carbons (Fsp3) is 0.286. The number of allylic oxidation sites excluding steroid dienone is 1. The molecule has 1 N–H and O–H groups in total. The van der Waals surface area contributed by atoms with Crippen LogP contribution in [0.4, 0.5) is 4.39 Å². The lowest BCUT2D eigenvalue weighted by atomic mass is 10.1. The number of nitriles is 1. The Hall–Kier alpha value is -1.35. The van der Waals surface area contributed by atoms with Crippen molar-refractivity contribution in [2.75, 3.05) is 0 Å². The average Bonchev–Trinajstić information content (AvgIpc) is 2.05. The lowest BCUT2D eigenvalue weighted by molar-refractivity contribution is -0.143. The van der Waals surface area contributed by atoms with Gasteiger partial charge in [-0.1, -0.05) is 6.08 Å². The minimum Gasteiger partial charge on any atom is -0.481 e. The van der Waals surface area contributed by atoms with Crippen molar-refractivity contribution in [1.82, 2.24) is 0 Å².